The summed E-state index contributed by atoms with van der Waals surface area (Å²) in [5, 5.41) is 12.1. The molecule has 9 nitrogen and oxygen atoms in total. The van der Waals surface area contributed by atoms with Crippen molar-refractivity contribution in [3.8, 4) is 5.69 Å². The van der Waals surface area contributed by atoms with Crippen molar-refractivity contribution in [2.24, 2.45) is 0 Å². The van der Waals surface area contributed by atoms with Crippen LogP contribution in [0.15, 0.2) is 47.1 Å². The van der Waals surface area contributed by atoms with Gasteiger partial charge in [0.25, 0.3) is 11.9 Å². The number of nitrogens with zero attached hydrogens (tertiary/aromatic N) is 6. The SMILES string of the molecule is CC[C@@H](CNc1nc2cc(Cl)ccc2o1)N(C)C(=O)c1nc(C)ccc1-n1nccn1. The lowest BCUT2D eigenvalue weighted by molar-refractivity contribution is 0.0729. The van der Waals surface area contributed by atoms with Crippen LogP contribution >= 0.6 is 11.6 Å². The fraction of sp³-hybridized carbons (Fsp3) is 0.286. The molecule has 0 aliphatic rings. The van der Waals surface area contributed by atoms with Crippen LogP contribution in [0.25, 0.3) is 16.8 Å². The number of carbonyl (C=O) groups is 1. The van der Waals surface area contributed by atoms with Crippen LogP contribution in [0.4, 0.5) is 6.01 Å². The largest absolute Gasteiger partial charge is 0.424 e. The van der Waals surface area contributed by atoms with Gasteiger partial charge < -0.3 is 14.6 Å². The van der Waals surface area contributed by atoms with E-state index in [9.17, 15) is 4.79 Å². The van der Waals surface area contributed by atoms with E-state index < -0.39 is 0 Å². The molecule has 1 N–H and O–H groups in total. The summed E-state index contributed by atoms with van der Waals surface area (Å²) < 4.78 is 5.71. The van der Waals surface area contributed by atoms with Gasteiger partial charge >= 0.3 is 0 Å². The summed E-state index contributed by atoms with van der Waals surface area (Å²) in [5.74, 6) is -0.214. The molecular weight excluding hydrogens is 418 g/mol. The van der Waals surface area contributed by atoms with Crippen molar-refractivity contribution in [1.82, 2.24) is 29.9 Å². The number of rotatable bonds is 7. The van der Waals surface area contributed by atoms with Gasteiger partial charge in [0, 0.05) is 30.4 Å². The summed E-state index contributed by atoms with van der Waals surface area (Å²) in [7, 11) is 1.76. The first kappa shape index (κ1) is 20.8. The molecule has 0 saturated heterocycles. The summed E-state index contributed by atoms with van der Waals surface area (Å²) >= 11 is 6.01. The van der Waals surface area contributed by atoms with Gasteiger partial charge in [-0.05, 0) is 43.7 Å². The Morgan fingerprint density at radius 2 is 2.00 bits per heavy atom. The van der Waals surface area contributed by atoms with Gasteiger partial charge in [-0.25, -0.2) is 4.98 Å². The Morgan fingerprint density at radius 3 is 2.74 bits per heavy atom. The van der Waals surface area contributed by atoms with Crippen LogP contribution in [0.5, 0.6) is 0 Å². The number of aryl methyl sites for hydroxylation is 1. The van der Waals surface area contributed by atoms with E-state index >= 15 is 0 Å². The minimum atomic E-state index is -0.214. The Kier molecular flexibility index (Phi) is 5.85. The molecule has 0 radical (unpaired) electrons. The second-order valence-electron chi connectivity index (χ2n) is 7.13. The zero-order chi connectivity index (χ0) is 22.0. The molecule has 3 aromatic heterocycles. The van der Waals surface area contributed by atoms with Crippen LogP contribution in [0.1, 0.15) is 29.5 Å². The third-order valence-corrected chi connectivity index (χ3v) is 5.26. The molecule has 0 bridgehead atoms. The second kappa shape index (κ2) is 8.73. The van der Waals surface area contributed by atoms with Gasteiger partial charge in [-0.2, -0.15) is 15.2 Å². The molecule has 4 aromatic rings. The Morgan fingerprint density at radius 1 is 1.23 bits per heavy atom. The highest BCUT2D eigenvalue weighted by Crippen LogP contribution is 2.23. The number of amides is 1. The van der Waals surface area contributed by atoms with E-state index in [0.717, 1.165) is 12.1 Å². The number of nitrogens with one attached hydrogen (secondary N) is 1. The minimum absolute atomic E-state index is 0.119. The average molecular weight is 440 g/mol. The number of oxazole rings is 1. The number of benzene rings is 1. The Bertz CT molecular complexity index is 1210. The lowest BCUT2D eigenvalue weighted by Crippen LogP contribution is -2.41. The fourth-order valence-electron chi connectivity index (χ4n) is 3.28. The Balaban J connectivity index is 1.52. The molecule has 0 aliphatic carbocycles. The number of halogens is 1. The summed E-state index contributed by atoms with van der Waals surface area (Å²) in [5.41, 5.74) is 2.89. The lowest BCUT2D eigenvalue weighted by atomic mass is 10.1. The fourth-order valence-corrected chi connectivity index (χ4v) is 3.44. The van der Waals surface area contributed by atoms with Crippen LogP contribution in [-0.4, -0.2) is 55.4 Å². The van der Waals surface area contributed by atoms with Gasteiger partial charge in [0.1, 0.15) is 11.2 Å². The summed E-state index contributed by atoms with van der Waals surface area (Å²) in [6, 6.07) is 9.16. The molecule has 0 fully saturated rings. The molecule has 1 amide bonds. The van der Waals surface area contributed by atoms with Crippen molar-refractivity contribution in [1.29, 1.82) is 0 Å². The predicted octanol–water partition coefficient (Wildman–Crippen LogP) is 3.73. The molecule has 1 aromatic carbocycles. The van der Waals surface area contributed by atoms with Crippen LogP contribution < -0.4 is 5.32 Å². The predicted molar refractivity (Wildman–Crippen MR) is 118 cm³/mol. The first-order valence-corrected chi connectivity index (χ1v) is 10.3. The number of hydrogen-bond acceptors (Lipinski definition) is 7. The number of likely N-dealkylation sites (N-methyl/N-ethyl adjacent to an activating group) is 1. The van der Waals surface area contributed by atoms with Crippen molar-refractivity contribution in [2.45, 2.75) is 26.3 Å². The van der Waals surface area contributed by atoms with Crippen LogP contribution in [0.2, 0.25) is 5.02 Å². The summed E-state index contributed by atoms with van der Waals surface area (Å²) in [6.07, 6.45) is 3.84. The zero-order valence-corrected chi connectivity index (χ0v) is 18.2. The van der Waals surface area contributed by atoms with Gasteiger partial charge in [0.05, 0.1) is 12.4 Å². The lowest BCUT2D eigenvalue weighted by Gasteiger charge is -2.27. The Hall–Kier alpha value is -3.46. The normalized spacial score (nSPS) is 12.1. The minimum Gasteiger partial charge on any atom is -0.424 e. The molecule has 3 heterocycles. The van der Waals surface area contributed by atoms with E-state index in [4.69, 9.17) is 16.0 Å². The molecule has 31 heavy (non-hydrogen) atoms. The molecule has 0 unspecified atom stereocenters. The van der Waals surface area contributed by atoms with Crippen molar-refractivity contribution in [3.05, 3.63) is 59.1 Å². The van der Waals surface area contributed by atoms with Crippen molar-refractivity contribution in [2.75, 3.05) is 18.9 Å². The highest BCUT2D eigenvalue weighted by Gasteiger charge is 2.25. The standard InChI is InChI=1S/C21H22ClN7O2/c1-4-15(12-23-21-27-16-11-14(22)6-8-18(16)31-21)28(3)20(30)19-17(7-5-13(2)26-19)29-24-9-10-25-29/h5-11,15H,4,12H2,1-3H3,(H,23,27)/t15-/m0/s1. The first-order chi connectivity index (χ1) is 15.0. The van der Waals surface area contributed by atoms with Crippen LogP contribution in [0.3, 0.4) is 0 Å². The van der Waals surface area contributed by atoms with Gasteiger partial charge in [-0.1, -0.05) is 18.5 Å². The quantitative estimate of drug-likeness (QED) is 0.468. The number of hydrogen-bond donors (Lipinski definition) is 1. The first-order valence-electron chi connectivity index (χ1n) is 9.87. The number of anilines is 1. The molecule has 10 heteroatoms. The third kappa shape index (κ3) is 4.36. The van der Waals surface area contributed by atoms with Crippen LogP contribution in [-0.2, 0) is 0 Å². The smallest absolute Gasteiger partial charge is 0.295 e. The maximum Gasteiger partial charge on any atom is 0.295 e. The van der Waals surface area contributed by atoms with Crippen molar-refractivity contribution < 1.29 is 9.21 Å². The molecule has 0 saturated carbocycles. The summed E-state index contributed by atoms with van der Waals surface area (Å²) in [6.45, 7) is 4.32. The molecular formula is C21H22ClN7O2. The number of fused-ring (bicyclic) bond motifs is 1. The van der Waals surface area contributed by atoms with Crippen molar-refractivity contribution >= 4 is 34.6 Å². The number of carbonyl (C=O) groups excluding carboxylic acids is 1. The monoisotopic (exact) mass is 439 g/mol. The van der Waals surface area contributed by atoms with E-state index in [0.29, 0.717) is 40.1 Å². The average Bonchev–Trinajstić information content (AvgIpc) is 3.43. The van der Waals surface area contributed by atoms with Crippen molar-refractivity contribution in [3.63, 3.8) is 0 Å². The number of pyridine rings is 1. The van der Waals surface area contributed by atoms with Gasteiger partial charge in [0.2, 0.25) is 0 Å². The maximum atomic E-state index is 13.3. The van der Waals surface area contributed by atoms with Gasteiger partial charge in [-0.15, -0.1) is 4.80 Å². The van der Waals surface area contributed by atoms with Gasteiger partial charge in [-0.3, -0.25) is 4.79 Å². The van der Waals surface area contributed by atoms with E-state index in [-0.39, 0.29) is 11.9 Å². The van der Waals surface area contributed by atoms with Gasteiger partial charge in [0.15, 0.2) is 11.3 Å². The van der Waals surface area contributed by atoms with E-state index in [1.165, 1.54) is 4.80 Å². The molecule has 0 spiro atoms. The van der Waals surface area contributed by atoms with E-state index in [1.54, 1.807) is 48.6 Å². The second-order valence-corrected chi connectivity index (χ2v) is 7.57. The number of aromatic nitrogens is 5. The molecule has 160 valence electrons. The van der Waals surface area contributed by atoms with E-state index in [1.807, 2.05) is 19.9 Å². The molecule has 1 atom stereocenters. The maximum absolute atomic E-state index is 13.3. The Labute approximate surface area is 184 Å². The molecule has 0 aliphatic heterocycles. The zero-order valence-electron chi connectivity index (χ0n) is 17.4. The summed E-state index contributed by atoms with van der Waals surface area (Å²) in [4.78, 5) is 25.3. The van der Waals surface area contributed by atoms with E-state index in [2.05, 4.69) is 25.5 Å². The third-order valence-electron chi connectivity index (χ3n) is 5.03. The highest BCUT2D eigenvalue weighted by molar-refractivity contribution is 6.31. The highest BCUT2D eigenvalue weighted by atomic mass is 35.5. The molecule has 4 rings (SSSR count). The van der Waals surface area contributed by atoms with Crippen LogP contribution in [0, 0.1) is 6.92 Å². The topological polar surface area (TPSA) is 102 Å².